The summed E-state index contributed by atoms with van der Waals surface area (Å²) < 4.78 is 0. The second-order valence-electron chi connectivity index (χ2n) is 6.38. The zero-order valence-electron chi connectivity index (χ0n) is 13.2. The van der Waals surface area contributed by atoms with Gasteiger partial charge in [-0.2, -0.15) is 0 Å². The molecule has 0 bridgehead atoms. The summed E-state index contributed by atoms with van der Waals surface area (Å²) in [6, 6.07) is 3.08. The Labute approximate surface area is 120 Å². The van der Waals surface area contributed by atoms with Crippen molar-refractivity contribution in [3.8, 4) is 0 Å². The van der Waals surface area contributed by atoms with Crippen molar-refractivity contribution in [1.29, 1.82) is 0 Å². The second-order valence-corrected chi connectivity index (χ2v) is 11.6. The van der Waals surface area contributed by atoms with Crippen LogP contribution in [0.2, 0.25) is 18.1 Å². The third kappa shape index (κ3) is 3.69. The largest absolute Gasteiger partial charge is 0.392 e. The first-order chi connectivity index (χ1) is 9.02. The molecule has 0 aromatic rings. The highest BCUT2D eigenvalue weighted by molar-refractivity contribution is 7.06. The van der Waals surface area contributed by atoms with E-state index in [1.165, 1.54) is 19.3 Å². The van der Waals surface area contributed by atoms with Gasteiger partial charge in [0, 0.05) is 5.92 Å². The Morgan fingerprint density at radius 1 is 1.11 bits per heavy atom. The fourth-order valence-electron chi connectivity index (χ4n) is 3.79. The lowest BCUT2D eigenvalue weighted by molar-refractivity contribution is -0.120. The van der Waals surface area contributed by atoms with Gasteiger partial charge in [0.1, 0.15) is 13.5 Å². The van der Waals surface area contributed by atoms with Crippen LogP contribution in [0, 0.1) is 11.8 Å². The topological polar surface area (TPSA) is 37.3 Å². The van der Waals surface area contributed by atoms with E-state index < -0.39 is 14.2 Å². The van der Waals surface area contributed by atoms with E-state index in [9.17, 15) is 9.90 Å². The molecule has 2 atom stereocenters. The van der Waals surface area contributed by atoms with Gasteiger partial charge in [-0.25, -0.2) is 0 Å². The van der Waals surface area contributed by atoms with Crippen LogP contribution in [0.25, 0.3) is 0 Å². The van der Waals surface area contributed by atoms with Crippen molar-refractivity contribution >= 4 is 13.5 Å². The molecule has 2 unspecified atom stereocenters. The van der Waals surface area contributed by atoms with Crippen LogP contribution in [0.15, 0.2) is 0 Å². The van der Waals surface area contributed by atoms with Gasteiger partial charge in [-0.15, -0.1) is 0 Å². The predicted octanol–water partition coefficient (Wildman–Crippen LogP) is 4.18. The average molecular weight is 285 g/mol. The first-order valence-electron chi connectivity index (χ1n) is 8.24. The van der Waals surface area contributed by atoms with E-state index in [4.69, 9.17) is 0 Å². The van der Waals surface area contributed by atoms with Gasteiger partial charge in [-0.05, 0) is 18.8 Å². The minimum absolute atomic E-state index is 0.144. The SMILES string of the molecule is CC[Si](CC)(CC)C(=O)C(C)C(O)C1CCCCC1. The Bertz CT molecular complexity index is 272. The van der Waals surface area contributed by atoms with Gasteiger partial charge >= 0.3 is 0 Å². The number of carbonyl (C=O) groups excluding carboxylic acids is 1. The Morgan fingerprint density at radius 3 is 2.00 bits per heavy atom. The molecule has 0 saturated heterocycles. The summed E-state index contributed by atoms with van der Waals surface area (Å²) in [4.78, 5) is 12.8. The summed E-state index contributed by atoms with van der Waals surface area (Å²) in [6.07, 6.45) is 5.56. The van der Waals surface area contributed by atoms with Crippen LogP contribution in [0.4, 0.5) is 0 Å². The van der Waals surface area contributed by atoms with Crippen LogP contribution in [-0.4, -0.2) is 24.7 Å². The standard InChI is InChI=1S/C16H32O2Si/c1-5-19(6-2,7-3)16(18)13(4)15(17)14-11-9-8-10-12-14/h13-15,17H,5-12H2,1-4H3. The van der Waals surface area contributed by atoms with Gasteiger partial charge in [0.25, 0.3) is 0 Å². The molecule has 0 aromatic heterocycles. The Hall–Kier alpha value is -0.153. The summed E-state index contributed by atoms with van der Waals surface area (Å²) in [6.45, 7) is 8.47. The summed E-state index contributed by atoms with van der Waals surface area (Å²) in [7, 11) is -1.81. The molecule has 0 heterocycles. The van der Waals surface area contributed by atoms with Gasteiger partial charge in [0.15, 0.2) is 0 Å². The molecule has 0 amide bonds. The van der Waals surface area contributed by atoms with Gasteiger partial charge in [-0.1, -0.05) is 65.1 Å². The van der Waals surface area contributed by atoms with Crippen molar-refractivity contribution in [1.82, 2.24) is 0 Å². The Morgan fingerprint density at radius 2 is 1.58 bits per heavy atom. The molecule has 0 aromatic carbocycles. The highest BCUT2D eigenvalue weighted by Gasteiger charge is 2.41. The van der Waals surface area contributed by atoms with E-state index in [1.807, 2.05) is 6.92 Å². The maximum atomic E-state index is 12.8. The van der Waals surface area contributed by atoms with Crippen molar-refractivity contribution in [2.75, 3.05) is 0 Å². The lowest BCUT2D eigenvalue weighted by atomic mass is 9.81. The van der Waals surface area contributed by atoms with Gasteiger partial charge in [0.05, 0.1) is 6.10 Å². The van der Waals surface area contributed by atoms with E-state index in [-0.39, 0.29) is 5.92 Å². The predicted molar refractivity (Wildman–Crippen MR) is 83.9 cm³/mol. The fraction of sp³-hybridized carbons (Fsp3) is 0.938. The van der Waals surface area contributed by atoms with Crippen molar-refractivity contribution in [3.63, 3.8) is 0 Å². The van der Waals surface area contributed by atoms with E-state index in [2.05, 4.69) is 20.8 Å². The minimum atomic E-state index is -1.81. The number of carbonyl (C=O) groups is 1. The molecule has 1 saturated carbocycles. The van der Waals surface area contributed by atoms with Crippen LogP contribution < -0.4 is 0 Å². The number of rotatable bonds is 7. The van der Waals surface area contributed by atoms with Crippen molar-refractivity contribution in [3.05, 3.63) is 0 Å². The average Bonchev–Trinajstić information content (AvgIpc) is 2.48. The first kappa shape index (κ1) is 16.9. The molecule has 1 N–H and O–H groups in total. The minimum Gasteiger partial charge on any atom is -0.392 e. The molecule has 19 heavy (non-hydrogen) atoms. The van der Waals surface area contributed by atoms with Gasteiger partial charge < -0.3 is 9.90 Å². The summed E-state index contributed by atoms with van der Waals surface area (Å²) in [5.74, 6) is 0.222. The zero-order valence-corrected chi connectivity index (χ0v) is 14.2. The zero-order chi connectivity index (χ0) is 14.5. The highest BCUT2D eigenvalue weighted by Crippen LogP contribution is 2.33. The summed E-state index contributed by atoms with van der Waals surface area (Å²) in [5.41, 5.74) is 0. The summed E-state index contributed by atoms with van der Waals surface area (Å²) in [5, 5.41) is 11.0. The lowest BCUT2D eigenvalue weighted by Gasteiger charge is -2.35. The normalized spacial score (nSPS) is 21.1. The fourth-order valence-corrected chi connectivity index (χ4v) is 7.48. The Balaban J connectivity index is 2.74. The number of aliphatic hydroxyl groups is 1. The van der Waals surface area contributed by atoms with Crippen molar-refractivity contribution in [2.24, 2.45) is 11.8 Å². The molecular weight excluding hydrogens is 252 g/mol. The van der Waals surface area contributed by atoms with Gasteiger partial charge in [0.2, 0.25) is 0 Å². The van der Waals surface area contributed by atoms with Crippen LogP contribution in [0.1, 0.15) is 59.8 Å². The van der Waals surface area contributed by atoms with Gasteiger partial charge in [-0.3, -0.25) is 0 Å². The molecular formula is C16H32O2Si. The number of aliphatic hydroxyl groups excluding tert-OH is 1. The second kappa shape index (κ2) is 7.58. The van der Waals surface area contributed by atoms with Crippen LogP contribution in [0.3, 0.4) is 0 Å². The van der Waals surface area contributed by atoms with E-state index in [1.54, 1.807) is 0 Å². The quantitative estimate of drug-likeness (QED) is 0.712. The number of hydrogen-bond donors (Lipinski definition) is 1. The molecule has 1 rings (SSSR count). The molecule has 2 nitrogen and oxygen atoms in total. The van der Waals surface area contributed by atoms with Crippen LogP contribution in [-0.2, 0) is 4.79 Å². The first-order valence-corrected chi connectivity index (χ1v) is 10.9. The molecule has 1 fully saturated rings. The monoisotopic (exact) mass is 284 g/mol. The molecule has 112 valence electrons. The van der Waals surface area contributed by atoms with Crippen LogP contribution in [0.5, 0.6) is 0 Å². The maximum Gasteiger partial charge on any atom is 0.132 e. The van der Waals surface area contributed by atoms with E-state index in [0.717, 1.165) is 31.0 Å². The molecule has 1 aliphatic rings. The summed E-state index contributed by atoms with van der Waals surface area (Å²) >= 11 is 0. The smallest absolute Gasteiger partial charge is 0.132 e. The highest BCUT2D eigenvalue weighted by atomic mass is 28.3. The van der Waals surface area contributed by atoms with Crippen molar-refractivity contribution in [2.45, 2.75) is 84.0 Å². The molecule has 0 radical (unpaired) electrons. The molecule has 0 aliphatic heterocycles. The third-order valence-corrected chi connectivity index (χ3v) is 11.2. The molecule has 0 spiro atoms. The maximum absolute atomic E-state index is 12.8. The molecule has 1 aliphatic carbocycles. The molecule has 3 heteroatoms. The lowest BCUT2D eigenvalue weighted by Crippen LogP contribution is -2.49. The van der Waals surface area contributed by atoms with E-state index >= 15 is 0 Å². The third-order valence-electron chi connectivity index (χ3n) is 5.61. The van der Waals surface area contributed by atoms with Crippen LogP contribution >= 0.6 is 0 Å². The van der Waals surface area contributed by atoms with E-state index in [0.29, 0.717) is 11.3 Å². The number of hydrogen-bond acceptors (Lipinski definition) is 2. The van der Waals surface area contributed by atoms with Crippen molar-refractivity contribution < 1.29 is 9.90 Å². The Kier molecular flexibility index (Phi) is 6.74.